The van der Waals surface area contributed by atoms with Gasteiger partial charge >= 0.3 is 0 Å². The molecule has 2 N–H and O–H groups in total. The van der Waals surface area contributed by atoms with Gasteiger partial charge in [-0.25, -0.2) is 4.98 Å². The normalized spacial score (nSPS) is 14.4. The highest BCUT2D eigenvalue weighted by Gasteiger charge is 2.19. The Labute approximate surface area is 141 Å². The number of pyridine rings is 1. The van der Waals surface area contributed by atoms with Crippen molar-refractivity contribution in [3.05, 3.63) is 35.7 Å². The number of aryl methyl sites for hydroxylation is 1. The number of carbonyl (C=O) groups is 2. The standard InChI is InChI=1S/C17H21N5O2/c1-13-5-6-15(20-11-13)21-12-14(10-18)17(24)19-7-3-9-22-8-2-4-16(22)23/h5-6,11-12H,2-4,7-9H2,1H3,(H,19,24)(H,20,21)/b14-12-. The summed E-state index contributed by atoms with van der Waals surface area (Å²) < 4.78 is 0. The lowest BCUT2D eigenvalue weighted by atomic mass is 10.3. The van der Waals surface area contributed by atoms with E-state index >= 15 is 0 Å². The zero-order valence-corrected chi connectivity index (χ0v) is 13.7. The maximum Gasteiger partial charge on any atom is 0.263 e. The first-order valence-electron chi connectivity index (χ1n) is 7.95. The van der Waals surface area contributed by atoms with Crippen LogP contribution in [0.5, 0.6) is 0 Å². The number of aromatic nitrogens is 1. The van der Waals surface area contributed by atoms with Crippen molar-refractivity contribution in [1.82, 2.24) is 15.2 Å². The second-order valence-corrected chi connectivity index (χ2v) is 5.63. The predicted octanol–water partition coefficient (Wildman–Crippen LogP) is 1.34. The summed E-state index contributed by atoms with van der Waals surface area (Å²) in [4.78, 5) is 29.4. The lowest BCUT2D eigenvalue weighted by Crippen LogP contribution is -2.31. The maximum atomic E-state index is 12.0. The van der Waals surface area contributed by atoms with Gasteiger partial charge in [0.25, 0.3) is 5.91 Å². The third-order valence-electron chi connectivity index (χ3n) is 3.70. The smallest absolute Gasteiger partial charge is 0.263 e. The molecule has 0 atom stereocenters. The number of carbonyl (C=O) groups excluding carboxylic acids is 2. The van der Waals surface area contributed by atoms with Crippen molar-refractivity contribution >= 4 is 17.6 Å². The van der Waals surface area contributed by atoms with E-state index in [2.05, 4.69) is 15.6 Å². The molecule has 1 aromatic rings. The first kappa shape index (κ1) is 17.5. The molecule has 7 heteroatoms. The van der Waals surface area contributed by atoms with E-state index in [1.54, 1.807) is 17.2 Å². The predicted molar refractivity (Wildman–Crippen MR) is 89.7 cm³/mol. The zero-order valence-electron chi connectivity index (χ0n) is 13.7. The summed E-state index contributed by atoms with van der Waals surface area (Å²) in [5, 5.41) is 14.6. The van der Waals surface area contributed by atoms with E-state index < -0.39 is 5.91 Å². The number of hydrogen-bond donors (Lipinski definition) is 2. The lowest BCUT2D eigenvalue weighted by molar-refractivity contribution is -0.127. The molecule has 1 aliphatic rings. The number of anilines is 1. The molecule has 24 heavy (non-hydrogen) atoms. The van der Waals surface area contributed by atoms with Crippen LogP contribution in [0.1, 0.15) is 24.8 Å². The Morgan fingerprint density at radius 1 is 1.50 bits per heavy atom. The third kappa shape index (κ3) is 5.09. The molecule has 0 bridgehead atoms. The van der Waals surface area contributed by atoms with E-state index in [0.717, 1.165) is 18.5 Å². The van der Waals surface area contributed by atoms with E-state index in [9.17, 15) is 9.59 Å². The Kier molecular flexibility index (Phi) is 6.32. The largest absolute Gasteiger partial charge is 0.351 e. The van der Waals surface area contributed by atoms with Gasteiger partial charge in [-0.2, -0.15) is 5.26 Å². The van der Waals surface area contributed by atoms with Crippen LogP contribution in [0.4, 0.5) is 5.82 Å². The van der Waals surface area contributed by atoms with Crippen LogP contribution in [-0.4, -0.2) is 41.3 Å². The van der Waals surface area contributed by atoms with Crippen molar-refractivity contribution in [1.29, 1.82) is 5.26 Å². The summed E-state index contributed by atoms with van der Waals surface area (Å²) in [5.41, 5.74) is 1.01. The molecule has 2 rings (SSSR count). The lowest BCUT2D eigenvalue weighted by Gasteiger charge is -2.15. The number of rotatable bonds is 7. The van der Waals surface area contributed by atoms with Gasteiger partial charge in [-0.1, -0.05) is 6.07 Å². The molecule has 1 aromatic heterocycles. The SMILES string of the molecule is Cc1ccc(N/C=C(/C#N)C(=O)NCCCN2CCCC2=O)nc1. The van der Waals surface area contributed by atoms with Gasteiger partial charge in [0.2, 0.25) is 5.91 Å². The molecule has 126 valence electrons. The number of hydrogen-bond acceptors (Lipinski definition) is 5. The summed E-state index contributed by atoms with van der Waals surface area (Å²) in [6.45, 7) is 3.78. The van der Waals surface area contributed by atoms with Crippen molar-refractivity contribution in [2.24, 2.45) is 0 Å². The molecule has 1 fully saturated rings. The average molecular weight is 327 g/mol. The number of amides is 2. The molecule has 0 aliphatic carbocycles. The van der Waals surface area contributed by atoms with Gasteiger partial charge in [0.15, 0.2) is 0 Å². The van der Waals surface area contributed by atoms with Gasteiger partial charge in [-0.05, 0) is 31.4 Å². The van der Waals surface area contributed by atoms with Crippen LogP contribution in [-0.2, 0) is 9.59 Å². The van der Waals surface area contributed by atoms with Crippen LogP contribution in [0.3, 0.4) is 0 Å². The Balaban J connectivity index is 1.76. The maximum absolute atomic E-state index is 12.0. The molecule has 2 heterocycles. The summed E-state index contributed by atoms with van der Waals surface area (Å²) in [5.74, 6) is 0.298. The van der Waals surface area contributed by atoms with E-state index in [-0.39, 0.29) is 11.5 Å². The highest BCUT2D eigenvalue weighted by atomic mass is 16.2. The number of likely N-dealkylation sites (tertiary alicyclic amines) is 1. The molecule has 0 aromatic carbocycles. The minimum Gasteiger partial charge on any atom is -0.351 e. The van der Waals surface area contributed by atoms with Gasteiger partial charge in [0.1, 0.15) is 17.5 Å². The van der Waals surface area contributed by atoms with E-state index in [4.69, 9.17) is 5.26 Å². The van der Waals surface area contributed by atoms with Crippen molar-refractivity contribution in [3.63, 3.8) is 0 Å². The molecule has 1 aliphatic heterocycles. The third-order valence-corrected chi connectivity index (χ3v) is 3.70. The summed E-state index contributed by atoms with van der Waals surface area (Å²) >= 11 is 0. The topological polar surface area (TPSA) is 98.1 Å². The van der Waals surface area contributed by atoms with Crippen molar-refractivity contribution in [2.45, 2.75) is 26.2 Å². The second kappa shape index (κ2) is 8.67. The Morgan fingerprint density at radius 3 is 2.96 bits per heavy atom. The molecule has 0 unspecified atom stereocenters. The van der Waals surface area contributed by atoms with Gasteiger partial charge in [0.05, 0.1) is 0 Å². The highest BCUT2D eigenvalue weighted by molar-refractivity contribution is 5.97. The van der Waals surface area contributed by atoms with E-state index in [0.29, 0.717) is 31.7 Å². The first-order chi connectivity index (χ1) is 11.6. The van der Waals surface area contributed by atoms with E-state index in [1.165, 1.54) is 6.20 Å². The van der Waals surface area contributed by atoms with Gasteiger partial charge in [-0.15, -0.1) is 0 Å². The molecule has 7 nitrogen and oxygen atoms in total. The Hall–Kier alpha value is -2.88. The van der Waals surface area contributed by atoms with Gasteiger partial charge in [0, 0.05) is 38.5 Å². The zero-order chi connectivity index (χ0) is 17.4. The highest BCUT2D eigenvalue weighted by Crippen LogP contribution is 2.09. The van der Waals surface area contributed by atoms with Crippen LogP contribution in [0, 0.1) is 18.3 Å². The van der Waals surface area contributed by atoms with Crippen molar-refractivity contribution in [2.75, 3.05) is 25.0 Å². The fourth-order valence-corrected chi connectivity index (χ4v) is 2.36. The summed E-state index contributed by atoms with van der Waals surface area (Å²) in [6.07, 6.45) is 5.24. The monoisotopic (exact) mass is 327 g/mol. The first-order valence-corrected chi connectivity index (χ1v) is 7.95. The summed E-state index contributed by atoms with van der Waals surface area (Å²) in [7, 11) is 0. The minimum atomic E-state index is -0.440. The summed E-state index contributed by atoms with van der Waals surface area (Å²) in [6, 6.07) is 5.52. The number of nitriles is 1. The van der Waals surface area contributed by atoms with Gasteiger partial charge in [-0.3, -0.25) is 9.59 Å². The molecular weight excluding hydrogens is 306 g/mol. The number of nitrogens with zero attached hydrogens (tertiary/aromatic N) is 3. The van der Waals surface area contributed by atoms with Crippen LogP contribution in [0.2, 0.25) is 0 Å². The van der Waals surface area contributed by atoms with Crippen LogP contribution in [0.15, 0.2) is 30.1 Å². The average Bonchev–Trinajstić information content (AvgIpc) is 2.99. The number of nitrogens with one attached hydrogen (secondary N) is 2. The minimum absolute atomic E-state index is 0.0189. The molecule has 2 amide bonds. The quantitative estimate of drug-likeness (QED) is 0.447. The molecule has 0 saturated carbocycles. The van der Waals surface area contributed by atoms with Crippen LogP contribution >= 0.6 is 0 Å². The molecule has 0 spiro atoms. The fraction of sp³-hybridized carbons (Fsp3) is 0.412. The molecular formula is C17H21N5O2. The van der Waals surface area contributed by atoms with Crippen LogP contribution in [0.25, 0.3) is 0 Å². The fourth-order valence-electron chi connectivity index (χ4n) is 2.36. The van der Waals surface area contributed by atoms with Crippen molar-refractivity contribution in [3.8, 4) is 6.07 Å². The Bertz CT molecular complexity index is 661. The molecule has 0 radical (unpaired) electrons. The van der Waals surface area contributed by atoms with E-state index in [1.807, 2.05) is 19.1 Å². The van der Waals surface area contributed by atoms with Gasteiger partial charge < -0.3 is 15.5 Å². The van der Waals surface area contributed by atoms with Crippen LogP contribution < -0.4 is 10.6 Å². The second-order valence-electron chi connectivity index (χ2n) is 5.63. The molecule has 1 saturated heterocycles. The van der Waals surface area contributed by atoms with Crippen molar-refractivity contribution < 1.29 is 9.59 Å². The Morgan fingerprint density at radius 2 is 2.33 bits per heavy atom.